The minimum absolute atomic E-state index is 0.0813. The van der Waals surface area contributed by atoms with Crippen LogP contribution in [0.25, 0.3) is 32.4 Å². The molecule has 11 atom stereocenters. The van der Waals surface area contributed by atoms with Crippen molar-refractivity contribution in [2.75, 3.05) is 13.6 Å². The number of aliphatic hydroxyl groups is 5. The molecule has 0 unspecified atom stereocenters. The number of nitrogens with one attached hydrogen (secondary N) is 2. The van der Waals surface area contributed by atoms with E-state index < -0.39 is 77.7 Å². The lowest BCUT2D eigenvalue weighted by atomic mass is 9.51. The van der Waals surface area contributed by atoms with Crippen LogP contribution in [0.2, 0.25) is 0 Å². The number of carbonyl (C=O) groups excluding carboxylic acids is 1. The van der Waals surface area contributed by atoms with Crippen molar-refractivity contribution >= 4 is 38.4 Å². The molecule has 10 rings (SSSR count). The SMILES string of the molecule is CNC[C@H]1C[C@H]2[C@@H](O[C@H]3[C@H](C(=O)Oc4c(CO)[nH]c5ccc6cc7ccccc7cc6c45)O[C@@]4(O)[C@H](O)C=C[C@@H]2[C@@]34O)[C@H](C2(c3ccc(O)cc3)CCCC2)[C@@H]1O. The van der Waals surface area contributed by atoms with Crippen molar-refractivity contribution in [3.05, 3.63) is 96.2 Å². The Balaban J connectivity index is 1.08. The molecule has 2 saturated carbocycles. The highest BCUT2D eigenvalue weighted by molar-refractivity contribution is 6.14. The van der Waals surface area contributed by atoms with Gasteiger partial charge in [-0.2, -0.15) is 0 Å². The summed E-state index contributed by atoms with van der Waals surface area (Å²) in [6, 6.07) is 22.9. The molecule has 12 heteroatoms. The standard InChI is InChI=1S/C45H48N2O10/c1-46-21-26-20-30-31-13-15-34(50)45(54)44(31,53)41(55-38(30)36(37(26)51)43(16-4-5-17-43)27-9-11-28(49)12-10-27)40(57-45)42(52)56-39-33(22-48)47-32-14-8-25-18-23-6-2-3-7-24(23)19-29(25)35(32)39/h2-3,6-15,18-19,26,30-31,34,36-38,40-41,46-51,53-54H,4-5,16-17,20-22H2,1H3/t26-,30-,31+,34-,36-,37-,38-,40-,41+,44-,45+/m1/s1. The highest BCUT2D eigenvalue weighted by atomic mass is 16.7. The van der Waals surface area contributed by atoms with Crippen molar-refractivity contribution in [2.24, 2.45) is 23.7 Å². The first-order chi connectivity index (χ1) is 27.5. The van der Waals surface area contributed by atoms with Crippen LogP contribution in [0, 0.1) is 23.7 Å². The molecule has 8 N–H and O–H groups in total. The van der Waals surface area contributed by atoms with Gasteiger partial charge in [0.1, 0.15) is 18.0 Å². The Morgan fingerprint density at radius 1 is 0.965 bits per heavy atom. The Morgan fingerprint density at radius 3 is 2.42 bits per heavy atom. The van der Waals surface area contributed by atoms with Crippen LogP contribution in [0.4, 0.5) is 0 Å². The van der Waals surface area contributed by atoms with Crippen molar-refractivity contribution in [3.63, 3.8) is 0 Å². The van der Waals surface area contributed by atoms with Crippen molar-refractivity contribution in [1.29, 1.82) is 0 Å². The maximum Gasteiger partial charge on any atom is 0.343 e. The van der Waals surface area contributed by atoms with Gasteiger partial charge in [0, 0.05) is 23.8 Å². The zero-order valence-electron chi connectivity index (χ0n) is 31.5. The zero-order valence-corrected chi connectivity index (χ0v) is 31.5. The van der Waals surface area contributed by atoms with Gasteiger partial charge in [-0.15, -0.1) is 0 Å². The number of aromatic amines is 1. The average Bonchev–Trinajstić information content (AvgIpc) is 3.90. The number of carbonyl (C=O) groups is 1. The van der Waals surface area contributed by atoms with Gasteiger partial charge in [-0.3, -0.25) is 0 Å². The summed E-state index contributed by atoms with van der Waals surface area (Å²) >= 11 is 0. The highest BCUT2D eigenvalue weighted by Crippen LogP contribution is 2.63. The summed E-state index contributed by atoms with van der Waals surface area (Å²) in [5, 5.41) is 77.1. The molecule has 2 aliphatic heterocycles. The molecule has 4 fully saturated rings. The lowest BCUT2D eigenvalue weighted by Gasteiger charge is -2.61. The van der Waals surface area contributed by atoms with Gasteiger partial charge in [-0.05, 0) is 95.6 Å². The van der Waals surface area contributed by atoms with Crippen molar-refractivity contribution in [1.82, 2.24) is 10.3 Å². The first-order valence-electron chi connectivity index (χ1n) is 20.1. The summed E-state index contributed by atoms with van der Waals surface area (Å²) < 4.78 is 19.4. The summed E-state index contributed by atoms with van der Waals surface area (Å²) in [5.41, 5.74) is -0.997. The number of esters is 1. The Hall–Kier alpha value is -4.37. The molecule has 12 nitrogen and oxygen atoms in total. The first-order valence-corrected chi connectivity index (χ1v) is 20.1. The van der Waals surface area contributed by atoms with Crippen LogP contribution in [0.3, 0.4) is 0 Å². The van der Waals surface area contributed by atoms with E-state index in [1.165, 1.54) is 6.08 Å². The van der Waals surface area contributed by atoms with Crippen molar-refractivity contribution in [3.8, 4) is 11.5 Å². The molecule has 57 heavy (non-hydrogen) atoms. The molecule has 4 aromatic carbocycles. The molecule has 5 aliphatic rings. The van der Waals surface area contributed by atoms with E-state index >= 15 is 0 Å². The van der Waals surface area contributed by atoms with Crippen LogP contribution >= 0.6 is 0 Å². The number of hydrogen-bond donors (Lipinski definition) is 8. The summed E-state index contributed by atoms with van der Waals surface area (Å²) in [6.07, 6.45) is 0.399. The Kier molecular flexibility index (Phi) is 8.64. The third-order valence-electron chi connectivity index (χ3n) is 14.3. The third kappa shape index (κ3) is 5.18. The minimum atomic E-state index is -2.64. The van der Waals surface area contributed by atoms with Gasteiger partial charge in [0.15, 0.2) is 17.5 Å². The van der Waals surface area contributed by atoms with E-state index in [-0.39, 0.29) is 23.1 Å². The quantitative estimate of drug-likeness (QED) is 0.0676. The van der Waals surface area contributed by atoms with Crippen LogP contribution in [0.15, 0.2) is 84.9 Å². The summed E-state index contributed by atoms with van der Waals surface area (Å²) in [4.78, 5) is 17.9. The molecule has 2 saturated heterocycles. The van der Waals surface area contributed by atoms with Gasteiger partial charge in [0.05, 0.1) is 35.4 Å². The highest BCUT2D eigenvalue weighted by Gasteiger charge is 2.78. The smallest absolute Gasteiger partial charge is 0.343 e. The number of ether oxygens (including phenoxy) is 3. The van der Waals surface area contributed by atoms with Crippen molar-refractivity contribution < 1.29 is 49.6 Å². The van der Waals surface area contributed by atoms with Gasteiger partial charge in [0.25, 0.3) is 0 Å². The summed E-state index contributed by atoms with van der Waals surface area (Å²) in [6.45, 7) is 0.0122. The lowest BCUT2D eigenvalue weighted by Crippen LogP contribution is -2.75. The monoisotopic (exact) mass is 776 g/mol. The number of phenolic OH excluding ortho intramolecular Hbond substituents is 1. The number of H-pyrrole nitrogens is 1. The molecule has 0 bridgehead atoms. The second-order valence-electron chi connectivity index (χ2n) is 17.0. The second kappa shape index (κ2) is 13.3. The van der Waals surface area contributed by atoms with Gasteiger partial charge in [-0.25, -0.2) is 4.79 Å². The van der Waals surface area contributed by atoms with Gasteiger partial charge < -0.3 is 55.2 Å². The maximum atomic E-state index is 14.7. The molecule has 0 spiro atoms. The fraction of sp³-hybridized carbons (Fsp3) is 0.444. The molecule has 1 aromatic heterocycles. The fourth-order valence-electron chi connectivity index (χ4n) is 11.8. The van der Waals surface area contributed by atoms with Crippen LogP contribution in [0.1, 0.15) is 43.4 Å². The Bertz CT molecular complexity index is 2410. The Labute approximate surface area is 328 Å². The summed E-state index contributed by atoms with van der Waals surface area (Å²) in [5.74, 6) is -5.44. The van der Waals surface area contributed by atoms with E-state index in [0.717, 1.165) is 52.8 Å². The number of aromatic hydroxyl groups is 1. The molecular formula is C45H48N2O10. The van der Waals surface area contributed by atoms with Crippen LogP contribution < -0.4 is 10.1 Å². The van der Waals surface area contributed by atoms with Crippen LogP contribution in [-0.2, 0) is 26.3 Å². The van der Waals surface area contributed by atoms with E-state index in [1.807, 2.05) is 67.7 Å². The molecule has 0 radical (unpaired) electrons. The first kappa shape index (κ1) is 36.9. The molecule has 5 aromatic rings. The number of phenols is 1. The number of hydrogen-bond acceptors (Lipinski definition) is 11. The number of fused-ring (bicyclic) bond motifs is 6. The Morgan fingerprint density at radius 2 is 1.70 bits per heavy atom. The molecular weight excluding hydrogens is 728 g/mol. The zero-order chi connectivity index (χ0) is 39.4. The minimum Gasteiger partial charge on any atom is -0.508 e. The maximum absolute atomic E-state index is 14.7. The lowest BCUT2D eigenvalue weighted by molar-refractivity contribution is -0.341. The molecule has 3 heterocycles. The number of rotatable bonds is 7. The number of aromatic nitrogens is 1. The van der Waals surface area contributed by atoms with Gasteiger partial charge >= 0.3 is 5.97 Å². The van der Waals surface area contributed by atoms with E-state index in [2.05, 4.69) is 10.3 Å². The molecule has 3 aliphatic carbocycles. The second-order valence-corrected chi connectivity index (χ2v) is 17.0. The topological polar surface area (TPSA) is 194 Å². The molecule has 0 amide bonds. The van der Waals surface area contributed by atoms with Gasteiger partial charge in [-0.1, -0.05) is 67.5 Å². The van der Waals surface area contributed by atoms with Crippen molar-refractivity contribution in [2.45, 2.75) is 86.0 Å². The fourth-order valence-corrected chi connectivity index (χ4v) is 11.8. The third-order valence-corrected chi connectivity index (χ3v) is 14.3. The van der Waals surface area contributed by atoms with E-state index in [1.54, 1.807) is 18.2 Å². The normalized spacial score (nSPS) is 35.4. The number of aliphatic hydroxyl groups excluding tert-OH is 3. The van der Waals surface area contributed by atoms with E-state index in [9.17, 15) is 35.4 Å². The van der Waals surface area contributed by atoms with Crippen LogP contribution in [-0.4, -0.2) is 97.1 Å². The van der Waals surface area contributed by atoms with Gasteiger partial charge in [0.2, 0.25) is 5.79 Å². The predicted octanol–water partition coefficient (Wildman–Crippen LogP) is 4.06. The number of benzene rings is 4. The average molecular weight is 777 g/mol. The van der Waals surface area contributed by atoms with E-state index in [0.29, 0.717) is 23.9 Å². The molecule has 298 valence electrons. The predicted molar refractivity (Wildman–Crippen MR) is 210 cm³/mol. The van der Waals surface area contributed by atoms with Crippen LogP contribution in [0.5, 0.6) is 11.5 Å². The summed E-state index contributed by atoms with van der Waals surface area (Å²) in [7, 11) is 1.83. The largest absolute Gasteiger partial charge is 0.508 e. The van der Waals surface area contributed by atoms with E-state index in [4.69, 9.17) is 14.2 Å².